The summed E-state index contributed by atoms with van der Waals surface area (Å²) < 4.78 is 16.4. The molecule has 6 N–H and O–H groups in total. The summed E-state index contributed by atoms with van der Waals surface area (Å²) in [4.78, 5) is 12.9. The zero-order valence-electron chi connectivity index (χ0n) is 16.0. The topological polar surface area (TPSA) is 170 Å². The number of rotatable bonds is 4. The molecule has 10 heteroatoms. The highest BCUT2D eigenvalue weighted by atomic mass is 16.7. The Hall–Kier alpha value is -3.15. The van der Waals surface area contributed by atoms with Crippen LogP contribution in [0.15, 0.2) is 51.7 Å². The van der Waals surface area contributed by atoms with Crippen LogP contribution in [-0.2, 0) is 4.74 Å². The van der Waals surface area contributed by atoms with Gasteiger partial charge in [0.2, 0.25) is 12.0 Å². The first kappa shape index (κ1) is 21.1. The van der Waals surface area contributed by atoms with Crippen LogP contribution in [0.1, 0.15) is 0 Å². The molecule has 164 valence electrons. The van der Waals surface area contributed by atoms with Gasteiger partial charge in [-0.2, -0.15) is 0 Å². The summed E-state index contributed by atoms with van der Waals surface area (Å²) in [5.41, 5.74) is -0.415. The van der Waals surface area contributed by atoms with Gasteiger partial charge in [0, 0.05) is 17.7 Å². The second-order valence-electron chi connectivity index (χ2n) is 7.10. The van der Waals surface area contributed by atoms with Crippen LogP contribution in [0.3, 0.4) is 0 Å². The number of benzene rings is 2. The Morgan fingerprint density at radius 2 is 1.68 bits per heavy atom. The minimum absolute atomic E-state index is 0.137. The molecule has 0 radical (unpaired) electrons. The van der Waals surface area contributed by atoms with Gasteiger partial charge in [0.1, 0.15) is 41.3 Å². The van der Waals surface area contributed by atoms with E-state index in [0.29, 0.717) is 5.56 Å². The molecule has 1 saturated heterocycles. The normalized spacial score (nSPS) is 26.1. The number of phenolic OH excluding ortho intramolecular Hbond substituents is 2. The average Bonchev–Trinajstić information content (AvgIpc) is 2.77. The number of aliphatic hydroxyl groups excluding tert-OH is 4. The van der Waals surface area contributed by atoms with Crippen LogP contribution in [0.2, 0.25) is 0 Å². The molecular weight excluding hydrogens is 412 g/mol. The van der Waals surface area contributed by atoms with E-state index in [2.05, 4.69) is 0 Å². The Labute approximate surface area is 174 Å². The van der Waals surface area contributed by atoms with Crippen LogP contribution in [-0.4, -0.2) is 68.0 Å². The number of aromatic hydroxyl groups is 2. The third-order valence-corrected chi connectivity index (χ3v) is 5.07. The Bertz CT molecular complexity index is 1140. The number of aliphatic hydroxyl groups is 4. The molecule has 2 heterocycles. The fourth-order valence-corrected chi connectivity index (χ4v) is 3.40. The van der Waals surface area contributed by atoms with Crippen molar-refractivity contribution >= 4 is 11.0 Å². The molecule has 1 aliphatic heterocycles. The van der Waals surface area contributed by atoms with Crippen molar-refractivity contribution in [1.29, 1.82) is 0 Å². The largest absolute Gasteiger partial charge is 0.504 e. The van der Waals surface area contributed by atoms with E-state index in [1.54, 1.807) is 30.3 Å². The van der Waals surface area contributed by atoms with E-state index in [-0.39, 0.29) is 22.5 Å². The molecule has 1 aliphatic rings. The van der Waals surface area contributed by atoms with Crippen molar-refractivity contribution in [2.45, 2.75) is 30.7 Å². The lowest BCUT2D eigenvalue weighted by Gasteiger charge is -2.39. The van der Waals surface area contributed by atoms with Crippen LogP contribution >= 0.6 is 0 Å². The van der Waals surface area contributed by atoms with Crippen molar-refractivity contribution in [2.75, 3.05) is 6.61 Å². The Balaban J connectivity index is 1.80. The highest BCUT2D eigenvalue weighted by Gasteiger charge is 2.45. The van der Waals surface area contributed by atoms with Gasteiger partial charge in [0.15, 0.2) is 16.8 Å². The van der Waals surface area contributed by atoms with Crippen LogP contribution in [0.25, 0.3) is 22.3 Å². The molecule has 1 fully saturated rings. The first-order chi connectivity index (χ1) is 14.8. The highest BCUT2D eigenvalue weighted by molar-refractivity contribution is 5.91. The summed E-state index contributed by atoms with van der Waals surface area (Å²) in [7, 11) is 0. The molecule has 31 heavy (non-hydrogen) atoms. The van der Waals surface area contributed by atoms with E-state index in [9.17, 15) is 35.4 Å². The van der Waals surface area contributed by atoms with E-state index >= 15 is 0 Å². The molecule has 10 nitrogen and oxygen atoms in total. The maximum atomic E-state index is 12.9. The maximum Gasteiger partial charge on any atom is 0.229 e. The van der Waals surface area contributed by atoms with Gasteiger partial charge >= 0.3 is 0 Å². The quantitative estimate of drug-likeness (QED) is 0.310. The van der Waals surface area contributed by atoms with E-state index in [4.69, 9.17) is 13.9 Å². The number of hydrogen-bond acceptors (Lipinski definition) is 10. The molecule has 5 atom stereocenters. The standard InChI is InChI=1S/C21H20O10/c22-8-14-17(26)18(27)19(28)21(31-14)30-13-7-11(24)16(25)20-15(13)10(23)6-12(29-20)9-4-2-1-3-5-9/h1-7,14,17-19,21-22,24-28H,8H2/t14-,17-,18+,19-,21-/m1/s1. The van der Waals surface area contributed by atoms with Gasteiger partial charge in [0.25, 0.3) is 0 Å². The molecule has 1 aromatic heterocycles. The molecule has 0 spiro atoms. The SMILES string of the molecule is O=c1cc(-c2ccccc2)oc2c(O)c(O)cc(O[C@@H]3O[C@H](CO)[C@@H](O)[C@H](O)[C@H]3O)c12. The van der Waals surface area contributed by atoms with Gasteiger partial charge in [0.05, 0.1) is 6.61 Å². The Morgan fingerprint density at radius 3 is 2.35 bits per heavy atom. The molecule has 3 aromatic rings. The van der Waals surface area contributed by atoms with Crippen molar-refractivity contribution in [3.05, 3.63) is 52.7 Å². The fraction of sp³-hybridized carbons (Fsp3) is 0.286. The third kappa shape index (κ3) is 3.71. The lowest BCUT2D eigenvalue weighted by molar-refractivity contribution is -0.277. The molecule has 0 amide bonds. The fourth-order valence-electron chi connectivity index (χ4n) is 3.40. The van der Waals surface area contributed by atoms with Gasteiger partial charge in [-0.3, -0.25) is 4.79 Å². The van der Waals surface area contributed by atoms with Crippen molar-refractivity contribution in [2.24, 2.45) is 0 Å². The second-order valence-corrected chi connectivity index (χ2v) is 7.10. The Kier molecular flexibility index (Phi) is 5.56. The zero-order chi connectivity index (χ0) is 22.3. The van der Waals surface area contributed by atoms with Crippen LogP contribution in [0, 0.1) is 0 Å². The van der Waals surface area contributed by atoms with E-state index in [0.717, 1.165) is 6.07 Å². The molecule has 0 saturated carbocycles. The highest BCUT2D eigenvalue weighted by Crippen LogP contribution is 2.41. The van der Waals surface area contributed by atoms with Crippen molar-refractivity contribution in [3.8, 4) is 28.6 Å². The van der Waals surface area contributed by atoms with Crippen molar-refractivity contribution in [1.82, 2.24) is 0 Å². The predicted molar refractivity (Wildman–Crippen MR) is 106 cm³/mol. The average molecular weight is 432 g/mol. The zero-order valence-corrected chi connectivity index (χ0v) is 16.0. The lowest BCUT2D eigenvalue weighted by Crippen LogP contribution is -2.60. The Morgan fingerprint density at radius 1 is 0.968 bits per heavy atom. The summed E-state index contributed by atoms with van der Waals surface area (Å²) in [6.45, 7) is -0.672. The van der Waals surface area contributed by atoms with Gasteiger partial charge in [-0.1, -0.05) is 30.3 Å². The predicted octanol–water partition coefficient (Wildman–Crippen LogP) is 0.0499. The van der Waals surface area contributed by atoms with Crippen LogP contribution < -0.4 is 10.2 Å². The molecule has 0 aliphatic carbocycles. The van der Waals surface area contributed by atoms with Crippen LogP contribution in [0.4, 0.5) is 0 Å². The molecule has 4 rings (SSSR count). The summed E-state index contributed by atoms with van der Waals surface area (Å²) >= 11 is 0. The number of fused-ring (bicyclic) bond motifs is 1. The summed E-state index contributed by atoms with van der Waals surface area (Å²) in [6.07, 6.45) is -7.87. The number of phenols is 2. The smallest absolute Gasteiger partial charge is 0.229 e. The van der Waals surface area contributed by atoms with Gasteiger partial charge in [-0.15, -0.1) is 0 Å². The molecule has 0 unspecified atom stereocenters. The van der Waals surface area contributed by atoms with Gasteiger partial charge in [-0.25, -0.2) is 0 Å². The maximum absolute atomic E-state index is 12.9. The van der Waals surface area contributed by atoms with Crippen molar-refractivity contribution < 1.29 is 44.5 Å². The lowest BCUT2D eigenvalue weighted by atomic mass is 9.99. The first-order valence-electron chi connectivity index (χ1n) is 9.37. The van der Waals surface area contributed by atoms with E-state index in [1.807, 2.05) is 0 Å². The summed E-state index contributed by atoms with van der Waals surface area (Å²) in [6, 6.07) is 10.7. The van der Waals surface area contributed by atoms with E-state index < -0.39 is 54.2 Å². The van der Waals surface area contributed by atoms with Crippen molar-refractivity contribution in [3.63, 3.8) is 0 Å². The summed E-state index contributed by atoms with van der Waals surface area (Å²) in [5, 5.41) is 59.5. The number of hydrogen-bond donors (Lipinski definition) is 6. The molecule has 2 aromatic carbocycles. The van der Waals surface area contributed by atoms with Gasteiger partial charge in [-0.05, 0) is 0 Å². The monoisotopic (exact) mass is 432 g/mol. The summed E-state index contributed by atoms with van der Waals surface area (Å²) in [5.74, 6) is -1.52. The minimum Gasteiger partial charge on any atom is -0.504 e. The molecular formula is C21H20O10. The minimum atomic E-state index is -1.74. The number of ether oxygens (including phenoxy) is 2. The van der Waals surface area contributed by atoms with E-state index in [1.165, 1.54) is 6.07 Å². The third-order valence-electron chi connectivity index (χ3n) is 5.07. The van der Waals surface area contributed by atoms with Gasteiger partial charge < -0.3 is 44.5 Å². The van der Waals surface area contributed by atoms with Crippen LogP contribution in [0.5, 0.6) is 17.2 Å². The second kappa shape index (κ2) is 8.17. The molecule has 0 bridgehead atoms. The first-order valence-corrected chi connectivity index (χ1v) is 9.37.